The monoisotopic (exact) mass is 955 g/mol. The van der Waals surface area contributed by atoms with Gasteiger partial charge in [0.2, 0.25) is 0 Å². The zero-order valence-corrected chi connectivity index (χ0v) is 34.3. The van der Waals surface area contributed by atoms with Gasteiger partial charge in [-0.1, -0.05) is 0 Å². The second-order valence-electron chi connectivity index (χ2n) is 14.1. The number of fused-ring (bicyclic) bond motifs is 1. The van der Waals surface area contributed by atoms with Crippen molar-refractivity contribution in [3.8, 4) is 0 Å². The molecule has 344 valence electrons. The summed E-state index contributed by atoms with van der Waals surface area (Å²) in [7, 11) is -15.1. The Morgan fingerprint density at radius 3 is 2.00 bits per heavy atom. The lowest BCUT2D eigenvalue weighted by Gasteiger charge is -2.24. The van der Waals surface area contributed by atoms with E-state index in [-0.39, 0.29) is 28.6 Å². The maximum Gasteiger partial charge on any atom is 0.742 e. The number of aliphatic hydroxyl groups excluding tert-OH is 3. The van der Waals surface area contributed by atoms with Crippen LogP contribution in [0.15, 0.2) is 46.8 Å². The summed E-state index contributed by atoms with van der Waals surface area (Å²) in [6.07, 6.45) is -13.5. The molecule has 0 aromatic carbocycles. The lowest BCUT2D eigenvalue weighted by atomic mass is 10.1. The number of phosphoric ester groups is 2. The number of aromatic nitrogens is 8. The zero-order chi connectivity index (χ0) is 45.3. The van der Waals surface area contributed by atoms with Crippen LogP contribution < -0.4 is 34.3 Å². The molecular formula is C28H38N12O20P3+. The number of rotatable bonds is 15. The molecule has 0 spiro atoms. The normalized spacial score (nSPS) is 34.5. The van der Waals surface area contributed by atoms with E-state index in [2.05, 4.69) is 29.4 Å². The Morgan fingerprint density at radius 1 is 0.778 bits per heavy atom. The van der Waals surface area contributed by atoms with Crippen LogP contribution >= 0.6 is 23.5 Å². The van der Waals surface area contributed by atoms with Gasteiger partial charge in [0.15, 0.2) is 42.4 Å². The summed E-state index contributed by atoms with van der Waals surface area (Å²) in [4.78, 5) is 73.9. The van der Waals surface area contributed by atoms with E-state index < -0.39 is 128 Å². The third-order valence-electron chi connectivity index (χ3n) is 10.0. The van der Waals surface area contributed by atoms with Gasteiger partial charge in [-0.25, -0.2) is 38.2 Å². The van der Waals surface area contributed by atoms with E-state index >= 15 is 0 Å². The van der Waals surface area contributed by atoms with E-state index in [1.165, 1.54) is 23.3 Å². The fourth-order valence-corrected chi connectivity index (χ4v) is 9.78. The summed E-state index contributed by atoms with van der Waals surface area (Å²) < 4.78 is 86.3. The van der Waals surface area contributed by atoms with Crippen molar-refractivity contribution in [3.63, 3.8) is 0 Å². The van der Waals surface area contributed by atoms with Crippen molar-refractivity contribution < 1.29 is 85.0 Å². The molecular weight excluding hydrogens is 917 g/mol. The van der Waals surface area contributed by atoms with E-state index in [0.29, 0.717) is 4.57 Å². The molecule has 0 amide bonds. The lowest BCUT2D eigenvalue weighted by molar-refractivity contribution is -0.225. The van der Waals surface area contributed by atoms with Crippen molar-refractivity contribution in [2.24, 2.45) is 5.73 Å². The molecule has 32 nitrogen and oxygen atoms in total. The number of nitrogens with zero attached hydrogens (tertiary/aromatic N) is 8. The Morgan fingerprint density at radius 2 is 1.37 bits per heavy atom. The molecule has 0 saturated carbocycles. The first-order valence-electron chi connectivity index (χ1n) is 18.1. The van der Waals surface area contributed by atoms with E-state index in [4.69, 9.17) is 55.4 Å². The fraction of sp³-hybridized carbons (Fsp3) is 0.536. The van der Waals surface area contributed by atoms with Gasteiger partial charge in [0.05, 0.1) is 36.9 Å². The van der Waals surface area contributed by atoms with Crippen molar-refractivity contribution in [3.05, 3.63) is 58.1 Å². The number of hydrogen-bond donors (Lipinski definition) is 10. The lowest BCUT2D eigenvalue weighted by Crippen LogP contribution is -2.41. The van der Waals surface area contributed by atoms with Gasteiger partial charge in [-0.15, -0.1) is 4.30 Å². The van der Waals surface area contributed by atoms with Crippen LogP contribution in [0.5, 0.6) is 0 Å². The van der Waals surface area contributed by atoms with Gasteiger partial charge in [0, 0.05) is 12.4 Å². The van der Waals surface area contributed by atoms with Crippen molar-refractivity contribution in [2.45, 2.75) is 73.6 Å². The maximum atomic E-state index is 13.8. The first-order chi connectivity index (χ1) is 29.6. The predicted molar refractivity (Wildman–Crippen MR) is 201 cm³/mol. The number of phosphoric acid groups is 2. The van der Waals surface area contributed by atoms with Crippen LogP contribution in [-0.4, -0.2) is 143 Å². The predicted octanol–water partition coefficient (Wildman–Crippen LogP) is -4.21. The molecule has 4 aromatic rings. The van der Waals surface area contributed by atoms with Gasteiger partial charge < -0.3 is 67.1 Å². The number of ether oxygens (including phenoxy) is 3. The Bertz CT molecular complexity index is 2630. The molecule has 14 atom stereocenters. The third-order valence-corrected chi connectivity index (χ3v) is 12.9. The molecule has 0 radical (unpaired) electrons. The molecule has 4 aromatic heterocycles. The number of nitrogens with two attached hydrogens (primary N) is 4. The largest absolute Gasteiger partial charge is 0.742 e. The molecule has 0 aliphatic carbocycles. The van der Waals surface area contributed by atoms with Crippen molar-refractivity contribution in [1.29, 1.82) is 0 Å². The van der Waals surface area contributed by atoms with Crippen LogP contribution in [0.3, 0.4) is 0 Å². The van der Waals surface area contributed by atoms with Gasteiger partial charge >= 0.3 is 34.8 Å². The van der Waals surface area contributed by atoms with Crippen LogP contribution in [0.4, 0.5) is 17.5 Å². The molecule has 4 aliphatic heterocycles. The first-order valence-corrected chi connectivity index (χ1v) is 22.6. The highest BCUT2D eigenvalue weighted by atomic mass is 31.2. The Hall–Kier alpha value is -4.24. The highest BCUT2D eigenvalue weighted by molar-refractivity contribution is 7.53. The average Bonchev–Trinajstić information content (AvgIpc) is 3.52. The van der Waals surface area contributed by atoms with Crippen molar-refractivity contribution in [2.75, 3.05) is 37.0 Å². The molecule has 1 unspecified atom stereocenters. The standard InChI is InChI=1S/C28H37N12O20P3/c29-13-1-3-38(27(44)36-13)25-18(42)20(11(56-25)6-52-61(46,47)48)58-62(49,50)53-7-12-21(19(43)26(57-12)39-4-2-14(30)37-28(39)45)60-59-63(60,51)54-5-10-15(31)17(41)24(55-10)40-9-35-16-22(32)33-8-34-23(16)40/h1-4,8-12,15,17-21,24-26,41-43H,5-7,31H2,(H8-,29,30,32,33,34,36,37,44,45,46,47,48,49,50)/p+1/t10-,11-,12-,15-,17-,18-,19-,20-,21-,24-,25-,26-,63-/m1/s1. The summed E-state index contributed by atoms with van der Waals surface area (Å²) in [6, 6.07) is 1.20. The molecule has 4 saturated heterocycles. The fourth-order valence-electron chi connectivity index (χ4n) is 7.02. The SMILES string of the molecule is Nc1ccn([C@@H]2O[C@H](COP(=O)(O)O)[C@@H](OP(=O)(O)OC[C@H]3O[C@@H](n4ccc(N)nc4=O)[C@H](O)[C@@H]3[O+]3O[P@@]3(=O)OC[C@H]3O[C@@H](n4cnc5c(N)ncnc54)[C@H](O)[C@@H]3N)[C@H]2O)c(=O)n1. The second-order valence-corrected chi connectivity index (χ2v) is 18.4. The van der Waals surface area contributed by atoms with Crippen LogP contribution in [0.1, 0.15) is 18.7 Å². The number of nitrogen functional groups attached to an aromatic ring is 3. The molecule has 8 rings (SSSR count). The quantitative estimate of drug-likeness (QED) is 0.0234. The second kappa shape index (κ2) is 17.0. The highest BCUT2D eigenvalue weighted by Gasteiger charge is 2.78. The smallest absolute Gasteiger partial charge is 0.387 e. The molecule has 35 heteroatoms. The highest BCUT2D eigenvalue weighted by Crippen LogP contribution is 2.76. The van der Waals surface area contributed by atoms with E-state index in [1.54, 1.807) is 4.30 Å². The zero-order valence-electron chi connectivity index (χ0n) is 31.6. The average molecular weight is 956 g/mol. The van der Waals surface area contributed by atoms with Crippen LogP contribution in [-0.2, 0) is 55.0 Å². The molecule has 4 aliphatic rings. The van der Waals surface area contributed by atoms with Gasteiger partial charge in [-0.2, -0.15) is 14.5 Å². The van der Waals surface area contributed by atoms with E-state index in [9.17, 15) is 53.3 Å². The Balaban J connectivity index is 0.981. The van der Waals surface area contributed by atoms with Crippen molar-refractivity contribution in [1.82, 2.24) is 38.6 Å². The summed E-state index contributed by atoms with van der Waals surface area (Å²) in [5.41, 5.74) is 21.6. The summed E-state index contributed by atoms with van der Waals surface area (Å²) >= 11 is 0. The number of anilines is 3. The van der Waals surface area contributed by atoms with E-state index in [0.717, 1.165) is 23.0 Å². The minimum atomic E-state index is -5.47. The minimum absolute atomic E-state index is 0.0648. The number of aliphatic hydroxyl groups is 3. The van der Waals surface area contributed by atoms with Gasteiger partial charge in [-0.3, -0.25) is 27.3 Å². The van der Waals surface area contributed by atoms with Crippen molar-refractivity contribution >= 4 is 52.1 Å². The topological polar surface area (TPSA) is 470 Å². The number of hydrogen-bond acceptors (Lipinski definition) is 25. The molecule has 4 fully saturated rings. The minimum Gasteiger partial charge on any atom is -0.387 e. The Kier molecular flexibility index (Phi) is 12.2. The van der Waals surface area contributed by atoms with E-state index in [1.807, 2.05) is 0 Å². The first kappa shape index (κ1) is 45.3. The Labute approximate surface area is 349 Å². The maximum absolute atomic E-state index is 13.8. The van der Waals surface area contributed by atoms with Crippen LogP contribution in [0.25, 0.3) is 11.2 Å². The summed E-state index contributed by atoms with van der Waals surface area (Å²) in [5, 5.41) is 33.5. The van der Waals surface area contributed by atoms with Gasteiger partial charge in [0.1, 0.15) is 54.0 Å². The van der Waals surface area contributed by atoms with Gasteiger partial charge in [0.25, 0.3) is 6.10 Å². The molecule has 63 heavy (non-hydrogen) atoms. The molecule has 8 heterocycles. The molecule has 14 N–H and O–H groups in total. The summed E-state index contributed by atoms with van der Waals surface area (Å²) in [6.45, 7) is -2.69. The van der Waals surface area contributed by atoms with Crippen LogP contribution in [0.2, 0.25) is 0 Å². The number of imidazole rings is 1. The van der Waals surface area contributed by atoms with Crippen LogP contribution in [0, 0.1) is 0 Å². The summed E-state index contributed by atoms with van der Waals surface area (Å²) in [5.74, 6) is -0.336. The third kappa shape index (κ3) is 9.06. The molecule has 0 bridgehead atoms. The van der Waals surface area contributed by atoms with Gasteiger partial charge in [-0.05, 0) is 12.1 Å².